The van der Waals surface area contributed by atoms with E-state index in [4.69, 9.17) is 7.45 Å². The van der Waals surface area contributed by atoms with E-state index in [1.165, 1.54) is 0 Å². The Morgan fingerprint density at radius 3 is 1.53 bits per heavy atom. The summed E-state index contributed by atoms with van der Waals surface area (Å²) in [5.74, 6) is 1.79. The van der Waals surface area contributed by atoms with Crippen LogP contribution < -0.4 is 7.45 Å². The van der Waals surface area contributed by atoms with E-state index in [2.05, 4.69) is 6.92 Å². The van der Waals surface area contributed by atoms with E-state index in [1.54, 1.807) is 0 Å². The van der Waals surface area contributed by atoms with Crippen molar-refractivity contribution in [3.63, 3.8) is 0 Å². The van der Waals surface area contributed by atoms with Crippen molar-refractivity contribution < 1.29 is 7.45 Å². The molecule has 0 saturated heterocycles. The van der Waals surface area contributed by atoms with E-state index in [-0.39, 0.29) is 0 Å². The number of benzene rings is 2. The van der Waals surface area contributed by atoms with Crippen LogP contribution in [0.5, 0.6) is 11.5 Å². The molecule has 0 heterocycles. The summed E-state index contributed by atoms with van der Waals surface area (Å²) >= 11 is -1.74. The molecule has 0 aromatic heterocycles. The third-order valence-corrected chi connectivity index (χ3v) is 4.98. The SMILES string of the molecule is CC[As](Oc1ccccc1)Oc1ccccc1. The molecule has 0 radical (unpaired) electrons. The average molecular weight is 290 g/mol. The summed E-state index contributed by atoms with van der Waals surface area (Å²) in [6.45, 7) is 2.10. The van der Waals surface area contributed by atoms with Gasteiger partial charge in [0.05, 0.1) is 0 Å². The third-order valence-electron chi connectivity index (χ3n) is 2.16. The van der Waals surface area contributed by atoms with Crippen LogP contribution in [0.4, 0.5) is 0 Å². The van der Waals surface area contributed by atoms with E-state index < -0.39 is 15.3 Å². The van der Waals surface area contributed by atoms with Crippen LogP contribution in [0.3, 0.4) is 0 Å². The van der Waals surface area contributed by atoms with Crippen molar-refractivity contribution in [2.45, 2.75) is 12.1 Å². The molecule has 0 amide bonds. The molecule has 0 atom stereocenters. The van der Waals surface area contributed by atoms with Crippen LogP contribution in [0.25, 0.3) is 0 Å². The molecular weight excluding hydrogens is 275 g/mol. The Labute approximate surface area is 107 Å². The zero-order chi connectivity index (χ0) is 11.9. The number of rotatable bonds is 5. The van der Waals surface area contributed by atoms with E-state index in [0.29, 0.717) is 0 Å². The maximum absolute atomic E-state index is 5.89. The molecule has 0 saturated carbocycles. The number of hydrogen-bond donors (Lipinski definition) is 0. The fraction of sp³-hybridized carbons (Fsp3) is 0.143. The number of hydrogen-bond acceptors (Lipinski definition) is 2. The first kappa shape index (κ1) is 12.1. The molecule has 0 spiro atoms. The van der Waals surface area contributed by atoms with E-state index in [9.17, 15) is 0 Å². The Balaban J connectivity index is 1.98. The van der Waals surface area contributed by atoms with Gasteiger partial charge in [0.15, 0.2) is 0 Å². The first-order valence-corrected chi connectivity index (χ1v) is 8.48. The summed E-state index contributed by atoms with van der Waals surface area (Å²) in [6, 6.07) is 19.7. The second kappa shape index (κ2) is 6.36. The second-order valence-electron chi connectivity index (χ2n) is 3.46. The van der Waals surface area contributed by atoms with Gasteiger partial charge in [-0.05, 0) is 0 Å². The Morgan fingerprint density at radius 2 is 1.18 bits per heavy atom. The summed E-state index contributed by atoms with van der Waals surface area (Å²) in [7, 11) is 0. The quantitative estimate of drug-likeness (QED) is 0.782. The van der Waals surface area contributed by atoms with Gasteiger partial charge in [0, 0.05) is 0 Å². The average Bonchev–Trinajstić information content (AvgIpc) is 2.40. The zero-order valence-corrected chi connectivity index (χ0v) is 11.6. The van der Waals surface area contributed by atoms with E-state index >= 15 is 0 Å². The van der Waals surface area contributed by atoms with Gasteiger partial charge < -0.3 is 0 Å². The summed E-state index contributed by atoms with van der Waals surface area (Å²) in [5, 5.41) is 0.941. The molecule has 0 aliphatic carbocycles. The predicted molar refractivity (Wildman–Crippen MR) is 70.4 cm³/mol. The van der Waals surface area contributed by atoms with Crippen molar-refractivity contribution in [2.24, 2.45) is 0 Å². The van der Waals surface area contributed by atoms with Gasteiger partial charge in [0.1, 0.15) is 0 Å². The van der Waals surface area contributed by atoms with Crippen molar-refractivity contribution in [2.75, 3.05) is 0 Å². The predicted octanol–water partition coefficient (Wildman–Crippen LogP) is 3.65. The maximum atomic E-state index is 5.89. The van der Waals surface area contributed by atoms with Gasteiger partial charge >= 0.3 is 107 Å². The molecule has 0 aliphatic heterocycles. The first-order chi connectivity index (χ1) is 8.38. The van der Waals surface area contributed by atoms with Crippen LogP contribution in [0, 0.1) is 0 Å². The van der Waals surface area contributed by atoms with E-state index in [0.717, 1.165) is 16.7 Å². The summed E-state index contributed by atoms with van der Waals surface area (Å²) in [4.78, 5) is 0. The van der Waals surface area contributed by atoms with Crippen LogP contribution in [0.2, 0.25) is 5.21 Å². The molecular formula is C14H15AsO2. The van der Waals surface area contributed by atoms with Crippen LogP contribution in [0.15, 0.2) is 60.7 Å². The molecule has 0 unspecified atom stereocenters. The Morgan fingerprint density at radius 1 is 0.765 bits per heavy atom. The molecule has 3 heteroatoms. The van der Waals surface area contributed by atoms with Gasteiger partial charge in [-0.25, -0.2) is 0 Å². The molecule has 2 nitrogen and oxygen atoms in total. The first-order valence-electron chi connectivity index (χ1n) is 5.62. The van der Waals surface area contributed by atoms with Gasteiger partial charge in [-0.15, -0.1) is 0 Å². The molecule has 0 aliphatic rings. The molecule has 2 aromatic rings. The Hall–Kier alpha value is -1.40. The molecule has 0 N–H and O–H groups in total. The normalized spacial score (nSPS) is 10.2. The molecule has 88 valence electrons. The summed E-state index contributed by atoms with van der Waals surface area (Å²) in [6.07, 6.45) is 0. The van der Waals surface area contributed by atoms with Crippen LogP contribution in [-0.2, 0) is 0 Å². The second-order valence-corrected chi connectivity index (χ2v) is 6.95. The monoisotopic (exact) mass is 290 g/mol. The molecule has 0 fully saturated rings. The van der Waals surface area contributed by atoms with Crippen molar-refractivity contribution in [1.82, 2.24) is 0 Å². The van der Waals surface area contributed by atoms with Crippen LogP contribution >= 0.6 is 0 Å². The Kier molecular flexibility index (Phi) is 4.52. The van der Waals surface area contributed by atoms with Crippen molar-refractivity contribution in [1.29, 1.82) is 0 Å². The molecule has 17 heavy (non-hydrogen) atoms. The fourth-order valence-corrected chi connectivity index (χ4v) is 3.46. The standard InChI is InChI=1S/C14H15AsO2/c1-2-15(16-13-9-5-3-6-10-13)17-14-11-7-4-8-12-14/h3-12H,2H2,1H3. The topological polar surface area (TPSA) is 18.5 Å². The fourth-order valence-electron chi connectivity index (χ4n) is 1.35. The minimum atomic E-state index is -1.74. The van der Waals surface area contributed by atoms with Crippen LogP contribution in [-0.4, -0.2) is 15.3 Å². The van der Waals surface area contributed by atoms with Gasteiger partial charge in [-0.1, -0.05) is 0 Å². The van der Waals surface area contributed by atoms with Crippen molar-refractivity contribution in [3.05, 3.63) is 60.7 Å². The van der Waals surface area contributed by atoms with Crippen LogP contribution in [0.1, 0.15) is 6.92 Å². The third kappa shape index (κ3) is 3.83. The molecule has 2 aromatic carbocycles. The Bertz CT molecular complexity index is 389. The van der Waals surface area contributed by atoms with Gasteiger partial charge in [0.25, 0.3) is 0 Å². The van der Waals surface area contributed by atoms with Gasteiger partial charge in [0.2, 0.25) is 0 Å². The zero-order valence-electron chi connectivity index (χ0n) is 9.74. The van der Waals surface area contributed by atoms with Crippen molar-refractivity contribution in [3.8, 4) is 11.5 Å². The van der Waals surface area contributed by atoms with Crippen molar-refractivity contribution >= 4 is 15.3 Å². The summed E-state index contributed by atoms with van der Waals surface area (Å²) < 4.78 is 11.8. The minimum absolute atomic E-state index is 0.894. The van der Waals surface area contributed by atoms with Gasteiger partial charge in [-0.2, -0.15) is 0 Å². The number of para-hydroxylation sites is 2. The van der Waals surface area contributed by atoms with E-state index in [1.807, 2.05) is 60.7 Å². The summed E-state index contributed by atoms with van der Waals surface area (Å²) in [5.41, 5.74) is 0. The van der Waals surface area contributed by atoms with Gasteiger partial charge in [-0.3, -0.25) is 0 Å². The molecule has 0 bridgehead atoms. The molecule has 2 rings (SSSR count).